The number of fused-ring (bicyclic) bond motifs is 1. The molecule has 0 saturated heterocycles. The molecule has 0 amide bonds. The molecule has 0 saturated carbocycles. The second kappa shape index (κ2) is 10.7. The Morgan fingerprint density at radius 2 is 1.64 bits per heavy atom. The van der Waals surface area contributed by atoms with Gasteiger partial charge in [-0.3, -0.25) is 0 Å². The highest BCUT2D eigenvalue weighted by Crippen LogP contribution is 2.39. The fraction of sp³-hybridized carbons (Fsp3) is 0.100. The molecule has 0 bridgehead atoms. The summed E-state index contributed by atoms with van der Waals surface area (Å²) in [5.74, 6) is -0.660. The first-order chi connectivity index (χ1) is 18.7. The molecule has 1 aromatic heterocycles. The van der Waals surface area contributed by atoms with E-state index in [-0.39, 0.29) is 22.7 Å². The number of halogens is 4. The van der Waals surface area contributed by atoms with Crippen molar-refractivity contribution < 1.29 is 27.8 Å². The van der Waals surface area contributed by atoms with Crippen LogP contribution in [0.2, 0.25) is 5.02 Å². The standard InChI is InChI=1S/C30H20ClF3N2O3/c31-25-14-19(12-13-22(25)29(37)38)17-39-21-9-4-8-20(16-21)27-23-10-5-11-24(30(32,33)34)28(23)36-35-26(27)15-18-6-2-1-3-7-18/h1-14,16H,15,17H2,(H,37,38). The molecule has 0 atom stereocenters. The third-order valence-electron chi connectivity index (χ3n) is 6.18. The van der Waals surface area contributed by atoms with Gasteiger partial charge in [0.15, 0.2) is 0 Å². The van der Waals surface area contributed by atoms with Crippen molar-refractivity contribution in [1.29, 1.82) is 0 Å². The highest BCUT2D eigenvalue weighted by Gasteiger charge is 2.34. The van der Waals surface area contributed by atoms with Gasteiger partial charge in [-0.05, 0) is 47.0 Å². The van der Waals surface area contributed by atoms with Gasteiger partial charge < -0.3 is 9.84 Å². The van der Waals surface area contributed by atoms with E-state index in [0.717, 1.165) is 11.6 Å². The van der Waals surface area contributed by atoms with Crippen LogP contribution in [0, 0.1) is 0 Å². The van der Waals surface area contributed by atoms with E-state index in [4.69, 9.17) is 21.4 Å². The molecule has 0 aliphatic carbocycles. The van der Waals surface area contributed by atoms with Gasteiger partial charge in [0, 0.05) is 17.4 Å². The Labute approximate surface area is 226 Å². The van der Waals surface area contributed by atoms with Gasteiger partial charge in [0.25, 0.3) is 0 Å². The van der Waals surface area contributed by atoms with Crippen LogP contribution in [0.25, 0.3) is 22.0 Å². The topological polar surface area (TPSA) is 72.3 Å². The number of aromatic carboxylic acids is 1. The van der Waals surface area contributed by atoms with E-state index in [2.05, 4.69) is 10.2 Å². The zero-order valence-electron chi connectivity index (χ0n) is 20.2. The van der Waals surface area contributed by atoms with Gasteiger partial charge in [-0.25, -0.2) is 4.79 Å². The van der Waals surface area contributed by atoms with E-state index in [0.29, 0.717) is 39.9 Å². The second-order valence-corrected chi connectivity index (χ2v) is 9.23. The van der Waals surface area contributed by atoms with Crippen molar-refractivity contribution in [3.05, 3.63) is 124 Å². The van der Waals surface area contributed by atoms with Gasteiger partial charge in [-0.1, -0.05) is 72.3 Å². The molecular formula is C30H20ClF3N2O3. The summed E-state index contributed by atoms with van der Waals surface area (Å²) in [7, 11) is 0. The van der Waals surface area contributed by atoms with Crippen LogP contribution in [0.5, 0.6) is 5.75 Å². The molecule has 0 aliphatic heterocycles. The number of ether oxygens (including phenoxy) is 1. The van der Waals surface area contributed by atoms with Gasteiger partial charge in [0.2, 0.25) is 0 Å². The number of carbonyl (C=O) groups is 1. The number of rotatable bonds is 7. The van der Waals surface area contributed by atoms with Crippen molar-refractivity contribution in [3.63, 3.8) is 0 Å². The summed E-state index contributed by atoms with van der Waals surface area (Å²) in [5.41, 5.74) is 2.20. The summed E-state index contributed by atoms with van der Waals surface area (Å²) in [6, 6.07) is 25.0. The fourth-order valence-electron chi connectivity index (χ4n) is 4.36. The van der Waals surface area contributed by atoms with Crippen LogP contribution in [-0.2, 0) is 19.2 Å². The molecule has 0 aliphatic rings. The third-order valence-corrected chi connectivity index (χ3v) is 6.49. The van der Waals surface area contributed by atoms with Crippen molar-refractivity contribution >= 4 is 28.5 Å². The summed E-state index contributed by atoms with van der Waals surface area (Å²) >= 11 is 6.07. The van der Waals surface area contributed by atoms with Crippen LogP contribution < -0.4 is 4.74 Å². The monoisotopic (exact) mass is 548 g/mol. The van der Waals surface area contributed by atoms with Crippen LogP contribution in [0.3, 0.4) is 0 Å². The predicted octanol–water partition coefficient (Wildman–Crippen LogP) is 7.84. The molecule has 1 heterocycles. The zero-order chi connectivity index (χ0) is 27.6. The molecule has 196 valence electrons. The van der Waals surface area contributed by atoms with Crippen molar-refractivity contribution in [3.8, 4) is 16.9 Å². The zero-order valence-corrected chi connectivity index (χ0v) is 21.0. The molecule has 9 heteroatoms. The molecule has 5 nitrogen and oxygen atoms in total. The summed E-state index contributed by atoms with van der Waals surface area (Å²) < 4.78 is 47.3. The Balaban J connectivity index is 1.55. The average Bonchev–Trinajstić information content (AvgIpc) is 2.91. The maximum Gasteiger partial charge on any atom is 0.418 e. The lowest BCUT2D eigenvalue weighted by atomic mass is 9.94. The third kappa shape index (κ3) is 5.71. The minimum Gasteiger partial charge on any atom is -0.489 e. The molecule has 5 aromatic rings. The smallest absolute Gasteiger partial charge is 0.418 e. The first-order valence-corrected chi connectivity index (χ1v) is 12.2. The summed E-state index contributed by atoms with van der Waals surface area (Å²) in [6.45, 7) is 0.105. The Morgan fingerprint density at radius 3 is 2.36 bits per heavy atom. The molecule has 5 rings (SSSR count). The van der Waals surface area contributed by atoms with Crippen molar-refractivity contribution in [2.45, 2.75) is 19.2 Å². The highest BCUT2D eigenvalue weighted by molar-refractivity contribution is 6.33. The Kier molecular flexibility index (Phi) is 7.21. The second-order valence-electron chi connectivity index (χ2n) is 8.82. The first kappa shape index (κ1) is 26.2. The molecule has 0 unspecified atom stereocenters. The average molecular weight is 549 g/mol. The van der Waals surface area contributed by atoms with E-state index in [1.54, 1.807) is 36.4 Å². The Morgan fingerprint density at radius 1 is 0.872 bits per heavy atom. The highest BCUT2D eigenvalue weighted by atomic mass is 35.5. The van der Waals surface area contributed by atoms with E-state index in [9.17, 15) is 18.0 Å². The van der Waals surface area contributed by atoms with Crippen molar-refractivity contribution in [2.75, 3.05) is 0 Å². The summed E-state index contributed by atoms with van der Waals surface area (Å²) in [5, 5.41) is 17.9. The minimum absolute atomic E-state index is 0.0105. The quantitative estimate of drug-likeness (QED) is 0.224. The molecular weight excluding hydrogens is 529 g/mol. The Bertz CT molecular complexity index is 1670. The molecule has 39 heavy (non-hydrogen) atoms. The Hall–Kier alpha value is -4.43. The SMILES string of the molecule is O=C(O)c1ccc(COc2cccc(-c3c(Cc4ccccc4)nnc4c(C(F)(F)F)cccc34)c2)cc1Cl. The lowest BCUT2D eigenvalue weighted by molar-refractivity contribution is -0.136. The summed E-state index contributed by atoms with van der Waals surface area (Å²) in [4.78, 5) is 11.2. The van der Waals surface area contributed by atoms with Gasteiger partial charge in [-0.2, -0.15) is 18.3 Å². The van der Waals surface area contributed by atoms with Crippen molar-refractivity contribution in [1.82, 2.24) is 10.2 Å². The van der Waals surface area contributed by atoms with Gasteiger partial charge in [0.05, 0.1) is 21.8 Å². The number of hydrogen-bond donors (Lipinski definition) is 1. The maximum atomic E-state index is 13.8. The maximum absolute atomic E-state index is 13.8. The largest absolute Gasteiger partial charge is 0.489 e. The lowest BCUT2D eigenvalue weighted by Crippen LogP contribution is -2.09. The van der Waals surface area contributed by atoms with E-state index >= 15 is 0 Å². The number of aromatic nitrogens is 2. The molecule has 0 radical (unpaired) electrons. The van der Waals surface area contributed by atoms with Crippen LogP contribution in [0.15, 0.2) is 91.0 Å². The number of alkyl halides is 3. The van der Waals surface area contributed by atoms with E-state index in [1.165, 1.54) is 18.2 Å². The number of nitrogens with zero attached hydrogens (tertiary/aromatic N) is 2. The fourth-order valence-corrected chi connectivity index (χ4v) is 4.65. The molecule has 4 aromatic carbocycles. The van der Waals surface area contributed by atoms with E-state index < -0.39 is 17.7 Å². The number of carboxylic acid groups (broad SMARTS) is 1. The van der Waals surface area contributed by atoms with Crippen LogP contribution in [-0.4, -0.2) is 21.3 Å². The molecule has 1 N–H and O–H groups in total. The first-order valence-electron chi connectivity index (χ1n) is 11.8. The minimum atomic E-state index is -4.59. The van der Waals surface area contributed by atoms with E-state index in [1.807, 2.05) is 30.3 Å². The predicted molar refractivity (Wildman–Crippen MR) is 142 cm³/mol. The van der Waals surface area contributed by atoms with Gasteiger partial charge in [0.1, 0.15) is 17.9 Å². The summed E-state index contributed by atoms with van der Waals surface area (Å²) in [6.07, 6.45) is -4.22. The van der Waals surface area contributed by atoms with Gasteiger partial charge >= 0.3 is 12.1 Å². The normalized spacial score (nSPS) is 11.5. The van der Waals surface area contributed by atoms with Crippen LogP contribution in [0.4, 0.5) is 13.2 Å². The van der Waals surface area contributed by atoms with Gasteiger partial charge in [-0.15, -0.1) is 5.10 Å². The van der Waals surface area contributed by atoms with Crippen LogP contribution in [0.1, 0.15) is 32.7 Å². The molecule has 0 fully saturated rings. The van der Waals surface area contributed by atoms with Crippen LogP contribution >= 0.6 is 11.6 Å². The lowest BCUT2D eigenvalue weighted by Gasteiger charge is -2.16. The number of benzene rings is 4. The van der Waals surface area contributed by atoms with Crippen molar-refractivity contribution in [2.24, 2.45) is 0 Å². The molecule has 0 spiro atoms. The number of hydrogen-bond acceptors (Lipinski definition) is 4. The number of carboxylic acids is 1.